The number of carbonyl (C=O) groups is 1. The molecule has 92 valence electrons. The molecule has 2 atom stereocenters. The van der Waals surface area contributed by atoms with Gasteiger partial charge in [0.25, 0.3) is 0 Å². The zero-order chi connectivity index (χ0) is 11.7. The van der Waals surface area contributed by atoms with Crippen LogP contribution in [0.15, 0.2) is 16.7 Å². The number of rotatable bonds is 2. The normalized spacial score (nSPS) is 27.8. The van der Waals surface area contributed by atoms with Crippen LogP contribution in [0.5, 0.6) is 0 Å². The van der Waals surface area contributed by atoms with Gasteiger partial charge in [0.2, 0.25) is 5.91 Å². The molecule has 0 spiro atoms. The predicted octanol–water partition coefficient (Wildman–Crippen LogP) is 1.53. The fourth-order valence-corrected chi connectivity index (χ4v) is 2.82. The van der Waals surface area contributed by atoms with Crippen LogP contribution in [0.4, 0.5) is 0 Å². The highest BCUT2D eigenvalue weighted by atomic mass is 16.3. The lowest BCUT2D eigenvalue weighted by molar-refractivity contribution is -0.123. The fraction of sp³-hybridized carbons (Fsp3) is 0.615. The van der Waals surface area contributed by atoms with Gasteiger partial charge in [-0.25, -0.2) is 0 Å². The lowest BCUT2D eigenvalue weighted by Gasteiger charge is -2.24. The second-order valence-electron chi connectivity index (χ2n) is 4.90. The maximum atomic E-state index is 12.0. The van der Waals surface area contributed by atoms with Gasteiger partial charge in [-0.1, -0.05) is 0 Å². The number of aryl methyl sites for hydroxylation is 1. The van der Waals surface area contributed by atoms with E-state index in [1.165, 1.54) is 5.56 Å². The fourth-order valence-electron chi connectivity index (χ4n) is 2.82. The van der Waals surface area contributed by atoms with E-state index in [1.54, 1.807) is 6.26 Å². The molecule has 1 aliphatic carbocycles. The van der Waals surface area contributed by atoms with Crippen molar-refractivity contribution in [2.75, 3.05) is 6.54 Å². The zero-order valence-corrected chi connectivity index (χ0v) is 9.87. The van der Waals surface area contributed by atoms with E-state index in [-0.39, 0.29) is 18.0 Å². The van der Waals surface area contributed by atoms with Gasteiger partial charge < -0.3 is 15.1 Å². The van der Waals surface area contributed by atoms with Crippen LogP contribution >= 0.6 is 0 Å². The number of fused-ring (bicyclic) bond motifs is 1. The van der Waals surface area contributed by atoms with E-state index in [0.717, 1.165) is 44.4 Å². The van der Waals surface area contributed by atoms with E-state index < -0.39 is 0 Å². The van der Waals surface area contributed by atoms with Crippen LogP contribution in [0, 0.1) is 0 Å². The van der Waals surface area contributed by atoms with Crippen molar-refractivity contribution in [3.05, 3.63) is 23.7 Å². The number of hydrogen-bond acceptors (Lipinski definition) is 3. The van der Waals surface area contributed by atoms with Crippen LogP contribution in [0.3, 0.4) is 0 Å². The molecule has 1 aliphatic heterocycles. The van der Waals surface area contributed by atoms with Gasteiger partial charge in [-0.15, -0.1) is 0 Å². The molecule has 0 aromatic carbocycles. The van der Waals surface area contributed by atoms with Gasteiger partial charge in [-0.05, 0) is 38.3 Å². The first-order valence-electron chi connectivity index (χ1n) is 6.44. The van der Waals surface area contributed by atoms with Gasteiger partial charge in [-0.3, -0.25) is 4.79 Å². The number of carbonyl (C=O) groups excluding carboxylic acids is 1. The van der Waals surface area contributed by atoms with Gasteiger partial charge in [0.05, 0.1) is 18.3 Å². The van der Waals surface area contributed by atoms with Crippen molar-refractivity contribution in [1.29, 1.82) is 0 Å². The smallest absolute Gasteiger partial charge is 0.237 e. The summed E-state index contributed by atoms with van der Waals surface area (Å²) >= 11 is 0. The predicted molar refractivity (Wildman–Crippen MR) is 63.6 cm³/mol. The minimum atomic E-state index is 0.00674. The highest BCUT2D eigenvalue weighted by molar-refractivity contribution is 5.82. The monoisotopic (exact) mass is 234 g/mol. The summed E-state index contributed by atoms with van der Waals surface area (Å²) in [7, 11) is 0. The van der Waals surface area contributed by atoms with Gasteiger partial charge in [0, 0.05) is 12.0 Å². The van der Waals surface area contributed by atoms with Gasteiger partial charge in [-0.2, -0.15) is 0 Å². The van der Waals surface area contributed by atoms with Crippen LogP contribution in [0.25, 0.3) is 0 Å². The molecule has 1 aromatic rings. The second-order valence-corrected chi connectivity index (χ2v) is 4.90. The summed E-state index contributed by atoms with van der Waals surface area (Å²) in [5, 5.41) is 6.37. The standard InChI is InChI=1S/C13H18N2O2/c16-13(11-4-2-7-14-11)15-10-3-1-5-12-9(10)6-8-17-12/h6,8,10-11,14H,1-5,7H2,(H,15,16)/t10?,11-/m0/s1. The molecule has 0 saturated carbocycles. The molecule has 0 bridgehead atoms. The summed E-state index contributed by atoms with van der Waals surface area (Å²) in [6, 6.07) is 2.14. The summed E-state index contributed by atoms with van der Waals surface area (Å²) in [5.41, 5.74) is 1.17. The number of hydrogen-bond donors (Lipinski definition) is 2. The molecule has 4 nitrogen and oxygen atoms in total. The third kappa shape index (κ3) is 2.09. The first-order chi connectivity index (χ1) is 8.34. The Morgan fingerprint density at radius 3 is 3.18 bits per heavy atom. The molecule has 1 unspecified atom stereocenters. The molecule has 17 heavy (non-hydrogen) atoms. The summed E-state index contributed by atoms with van der Waals surface area (Å²) < 4.78 is 5.43. The Hall–Kier alpha value is -1.29. The topological polar surface area (TPSA) is 54.3 Å². The third-order valence-corrected chi connectivity index (χ3v) is 3.75. The van der Waals surface area contributed by atoms with Crippen LogP contribution in [0.1, 0.15) is 43.0 Å². The molecule has 1 amide bonds. The summed E-state index contributed by atoms with van der Waals surface area (Å²) in [6.45, 7) is 0.958. The van der Waals surface area contributed by atoms with Crippen molar-refractivity contribution >= 4 is 5.91 Å². The van der Waals surface area contributed by atoms with E-state index >= 15 is 0 Å². The molecular formula is C13H18N2O2. The van der Waals surface area contributed by atoms with Crippen molar-refractivity contribution in [1.82, 2.24) is 10.6 Å². The minimum absolute atomic E-state index is 0.00674. The Balaban J connectivity index is 1.68. The molecule has 3 rings (SSSR count). The maximum Gasteiger partial charge on any atom is 0.237 e. The van der Waals surface area contributed by atoms with Crippen molar-refractivity contribution in [2.24, 2.45) is 0 Å². The lowest BCUT2D eigenvalue weighted by atomic mass is 9.93. The lowest BCUT2D eigenvalue weighted by Crippen LogP contribution is -2.42. The zero-order valence-electron chi connectivity index (χ0n) is 9.87. The van der Waals surface area contributed by atoms with E-state index in [4.69, 9.17) is 4.42 Å². The molecule has 2 heterocycles. The molecule has 1 fully saturated rings. The quantitative estimate of drug-likeness (QED) is 0.816. The molecule has 2 N–H and O–H groups in total. The molecule has 0 radical (unpaired) electrons. The number of nitrogens with one attached hydrogen (secondary N) is 2. The molecule has 2 aliphatic rings. The van der Waals surface area contributed by atoms with Crippen LogP contribution in [-0.4, -0.2) is 18.5 Å². The van der Waals surface area contributed by atoms with Crippen LogP contribution in [0.2, 0.25) is 0 Å². The molecule has 1 saturated heterocycles. The molecular weight excluding hydrogens is 216 g/mol. The SMILES string of the molecule is O=C(NC1CCCc2occc21)[C@@H]1CCCN1. The van der Waals surface area contributed by atoms with Gasteiger partial charge in [0.1, 0.15) is 5.76 Å². The number of furan rings is 1. The average Bonchev–Trinajstić information content (AvgIpc) is 3.00. The Morgan fingerprint density at radius 2 is 2.35 bits per heavy atom. The minimum Gasteiger partial charge on any atom is -0.469 e. The first-order valence-corrected chi connectivity index (χ1v) is 6.44. The molecule has 1 aromatic heterocycles. The van der Waals surface area contributed by atoms with E-state index in [1.807, 2.05) is 6.07 Å². The maximum absolute atomic E-state index is 12.0. The van der Waals surface area contributed by atoms with E-state index in [9.17, 15) is 4.79 Å². The van der Waals surface area contributed by atoms with E-state index in [2.05, 4.69) is 10.6 Å². The summed E-state index contributed by atoms with van der Waals surface area (Å²) in [4.78, 5) is 12.0. The Kier molecular flexibility index (Phi) is 2.89. The van der Waals surface area contributed by atoms with Crippen molar-refractivity contribution < 1.29 is 9.21 Å². The van der Waals surface area contributed by atoms with Crippen molar-refractivity contribution in [3.63, 3.8) is 0 Å². The average molecular weight is 234 g/mol. The number of amides is 1. The van der Waals surface area contributed by atoms with Gasteiger partial charge in [0.15, 0.2) is 0 Å². The Labute approximate surface area is 101 Å². The van der Waals surface area contributed by atoms with E-state index in [0.29, 0.717) is 0 Å². The summed E-state index contributed by atoms with van der Waals surface area (Å²) in [5.74, 6) is 1.18. The molecule has 4 heteroatoms. The second kappa shape index (κ2) is 4.53. The highest BCUT2D eigenvalue weighted by Crippen LogP contribution is 2.30. The third-order valence-electron chi connectivity index (χ3n) is 3.75. The largest absolute Gasteiger partial charge is 0.469 e. The van der Waals surface area contributed by atoms with Crippen molar-refractivity contribution in [3.8, 4) is 0 Å². The highest BCUT2D eigenvalue weighted by Gasteiger charge is 2.28. The van der Waals surface area contributed by atoms with Crippen LogP contribution < -0.4 is 10.6 Å². The van der Waals surface area contributed by atoms with Crippen molar-refractivity contribution in [2.45, 2.75) is 44.2 Å². The Bertz CT molecular complexity index is 407. The summed E-state index contributed by atoms with van der Waals surface area (Å²) in [6.07, 6.45) is 6.88. The van der Waals surface area contributed by atoms with Crippen LogP contribution in [-0.2, 0) is 11.2 Å². The Morgan fingerprint density at radius 1 is 1.41 bits per heavy atom. The van der Waals surface area contributed by atoms with Gasteiger partial charge >= 0.3 is 0 Å². The first kappa shape index (κ1) is 10.8.